The van der Waals surface area contributed by atoms with Gasteiger partial charge in [0.25, 0.3) is 6.71 Å². The molecule has 0 radical (unpaired) electrons. The number of thiophene rings is 1. The normalized spacial score (nSPS) is 18.4. The standard InChI is InChI=1S/C55H70BNS/c1-33-28-36(51(5,6)7)23-25-43(33)57-44-32-38(53(11,12)13)30-41-40(29-34-18-20-35(21-19-34)50(2,3)4)39-24-22-37(52(8,9)10)31-42(39)56(46(41)44)49-47(57)45-48(58-49)55(16,17)27-26-54(45,14)15/h18-25,28,30-32,40H,26-27,29H2,1-17H3/t40-/m0/s1. The van der Waals surface area contributed by atoms with Gasteiger partial charge >= 0.3 is 0 Å². The van der Waals surface area contributed by atoms with Crippen molar-refractivity contribution >= 4 is 50.8 Å². The first kappa shape index (κ1) is 41.2. The van der Waals surface area contributed by atoms with Crippen LogP contribution in [0, 0.1) is 6.92 Å². The second-order valence-electron chi connectivity index (χ2n) is 23.9. The van der Waals surface area contributed by atoms with Crippen LogP contribution in [-0.2, 0) is 38.9 Å². The molecule has 0 amide bonds. The Labute approximate surface area is 357 Å². The zero-order chi connectivity index (χ0) is 42.3. The molecule has 8 rings (SSSR count). The molecule has 0 unspecified atom stereocenters. The average Bonchev–Trinajstić information content (AvgIpc) is 3.53. The summed E-state index contributed by atoms with van der Waals surface area (Å²) in [6.45, 7) is 41.0. The van der Waals surface area contributed by atoms with Gasteiger partial charge in [0, 0.05) is 26.9 Å². The van der Waals surface area contributed by atoms with Gasteiger partial charge in [-0.3, -0.25) is 0 Å². The van der Waals surface area contributed by atoms with Crippen LogP contribution in [0.25, 0.3) is 0 Å². The highest BCUT2D eigenvalue weighted by atomic mass is 32.1. The second-order valence-corrected chi connectivity index (χ2v) is 24.9. The maximum atomic E-state index is 2.79. The second kappa shape index (κ2) is 13.2. The fourth-order valence-electron chi connectivity index (χ4n) is 10.3. The number of nitrogens with zero attached hydrogens (tertiary/aromatic N) is 1. The fraction of sp³-hybridized carbons (Fsp3) is 0.491. The smallest absolute Gasteiger partial charge is 0.260 e. The van der Waals surface area contributed by atoms with Crippen molar-refractivity contribution in [1.82, 2.24) is 0 Å². The fourth-order valence-corrected chi connectivity index (χ4v) is 12.0. The first-order valence-electron chi connectivity index (χ1n) is 22.2. The van der Waals surface area contributed by atoms with E-state index in [2.05, 4.69) is 207 Å². The molecule has 1 atom stereocenters. The van der Waals surface area contributed by atoms with Gasteiger partial charge in [-0.05, 0) is 126 Å². The highest BCUT2D eigenvalue weighted by molar-refractivity contribution is 7.29. The topological polar surface area (TPSA) is 3.24 Å². The molecule has 0 spiro atoms. The van der Waals surface area contributed by atoms with Crippen LogP contribution in [0.2, 0.25) is 0 Å². The van der Waals surface area contributed by atoms with Crippen molar-refractivity contribution in [3.05, 3.63) is 128 Å². The molecule has 5 aromatic rings. The van der Waals surface area contributed by atoms with E-state index < -0.39 is 0 Å². The molecule has 3 heterocycles. The minimum Gasteiger partial charge on any atom is -0.310 e. The van der Waals surface area contributed by atoms with E-state index in [1.807, 2.05) is 0 Å². The van der Waals surface area contributed by atoms with E-state index in [9.17, 15) is 0 Å². The summed E-state index contributed by atoms with van der Waals surface area (Å²) in [7, 11) is 0. The predicted octanol–water partition coefficient (Wildman–Crippen LogP) is 13.6. The lowest BCUT2D eigenvalue weighted by molar-refractivity contribution is 0.339. The molecule has 0 fully saturated rings. The third-order valence-corrected chi connectivity index (χ3v) is 15.8. The van der Waals surface area contributed by atoms with Gasteiger partial charge in [-0.1, -0.05) is 177 Å². The van der Waals surface area contributed by atoms with Gasteiger partial charge < -0.3 is 4.90 Å². The van der Waals surface area contributed by atoms with Crippen molar-refractivity contribution in [2.24, 2.45) is 0 Å². The Kier molecular flexibility index (Phi) is 9.39. The Morgan fingerprint density at radius 1 is 0.603 bits per heavy atom. The Bertz CT molecular complexity index is 2430. The maximum Gasteiger partial charge on any atom is 0.260 e. The van der Waals surface area contributed by atoms with Crippen LogP contribution in [0.1, 0.15) is 184 Å². The molecule has 304 valence electrons. The zero-order valence-corrected chi connectivity index (χ0v) is 39.9. The van der Waals surface area contributed by atoms with Crippen molar-refractivity contribution in [1.29, 1.82) is 0 Å². The van der Waals surface area contributed by atoms with E-state index in [0.717, 1.165) is 6.42 Å². The van der Waals surface area contributed by atoms with Crippen molar-refractivity contribution in [3.63, 3.8) is 0 Å². The number of anilines is 3. The first-order chi connectivity index (χ1) is 26.7. The summed E-state index contributed by atoms with van der Waals surface area (Å²) in [5, 5.41) is 0. The van der Waals surface area contributed by atoms with Gasteiger partial charge in [-0.25, -0.2) is 0 Å². The molecule has 4 aromatic carbocycles. The molecule has 0 bridgehead atoms. The maximum absolute atomic E-state index is 2.79. The van der Waals surface area contributed by atoms with Gasteiger partial charge in [-0.15, -0.1) is 0 Å². The summed E-state index contributed by atoms with van der Waals surface area (Å²) in [5.74, 6) is 0.243. The summed E-state index contributed by atoms with van der Waals surface area (Å²) in [6, 6.07) is 29.8. The quantitative estimate of drug-likeness (QED) is 0.162. The molecule has 0 saturated heterocycles. The first-order valence-corrected chi connectivity index (χ1v) is 23.0. The highest BCUT2D eigenvalue weighted by Crippen LogP contribution is 2.56. The Morgan fingerprint density at radius 2 is 1.16 bits per heavy atom. The lowest BCUT2D eigenvalue weighted by Gasteiger charge is -2.45. The van der Waals surface area contributed by atoms with E-state index in [-0.39, 0.29) is 45.1 Å². The molecule has 2 aliphatic heterocycles. The molecule has 3 aliphatic rings. The zero-order valence-electron chi connectivity index (χ0n) is 39.1. The van der Waals surface area contributed by atoms with Gasteiger partial charge in [0.2, 0.25) is 0 Å². The Balaban J connectivity index is 1.50. The van der Waals surface area contributed by atoms with Gasteiger partial charge in [0.15, 0.2) is 0 Å². The third-order valence-electron chi connectivity index (χ3n) is 14.2. The lowest BCUT2D eigenvalue weighted by atomic mass is 9.33. The van der Waals surface area contributed by atoms with Crippen LogP contribution in [0.4, 0.5) is 17.1 Å². The van der Waals surface area contributed by atoms with Gasteiger partial charge in [0.05, 0.1) is 5.69 Å². The summed E-state index contributed by atoms with van der Waals surface area (Å²) in [6.07, 6.45) is 3.38. The number of aryl methyl sites for hydroxylation is 1. The van der Waals surface area contributed by atoms with Crippen LogP contribution in [0.15, 0.2) is 72.8 Å². The monoisotopic (exact) mass is 788 g/mol. The minimum atomic E-state index is -0.0251. The van der Waals surface area contributed by atoms with E-state index >= 15 is 0 Å². The molecular formula is C55H70BNS. The van der Waals surface area contributed by atoms with E-state index in [1.54, 1.807) is 15.2 Å². The number of hydrogen-bond donors (Lipinski definition) is 0. The van der Waals surface area contributed by atoms with Gasteiger partial charge in [-0.2, -0.15) is 11.3 Å². The molecule has 1 aromatic heterocycles. The van der Waals surface area contributed by atoms with Crippen LogP contribution in [-0.4, -0.2) is 6.71 Å². The lowest BCUT2D eigenvalue weighted by Crippen LogP contribution is -2.61. The third kappa shape index (κ3) is 6.75. The number of hydrogen-bond acceptors (Lipinski definition) is 2. The average molecular weight is 788 g/mol. The molecule has 3 heteroatoms. The van der Waals surface area contributed by atoms with Crippen LogP contribution in [0.5, 0.6) is 0 Å². The van der Waals surface area contributed by atoms with Gasteiger partial charge in [0.1, 0.15) is 0 Å². The van der Waals surface area contributed by atoms with Crippen molar-refractivity contribution in [2.75, 3.05) is 4.90 Å². The molecule has 0 N–H and O–H groups in total. The summed E-state index contributed by atoms with van der Waals surface area (Å²) in [4.78, 5) is 4.39. The summed E-state index contributed by atoms with van der Waals surface area (Å²) >= 11 is 2.15. The van der Waals surface area contributed by atoms with Crippen LogP contribution >= 0.6 is 11.3 Å². The SMILES string of the molecule is Cc1cc(C(C)(C)C)ccc1N1c2cc(C(C)(C)C)cc3c2B(c2cc(C(C)(C)C)ccc2[C@@H]3Cc2ccc(C(C)(C)C)cc2)c2sc3c(c21)C(C)(C)CCC3(C)C. The number of benzene rings is 4. The van der Waals surface area contributed by atoms with E-state index in [4.69, 9.17) is 0 Å². The molecule has 1 nitrogen and oxygen atoms in total. The highest BCUT2D eigenvalue weighted by Gasteiger charge is 2.51. The molecule has 58 heavy (non-hydrogen) atoms. The Morgan fingerprint density at radius 3 is 1.74 bits per heavy atom. The predicted molar refractivity (Wildman–Crippen MR) is 257 cm³/mol. The molecular weight excluding hydrogens is 717 g/mol. The largest absolute Gasteiger partial charge is 0.310 e. The number of fused-ring (bicyclic) bond motifs is 6. The van der Waals surface area contributed by atoms with Crippen LogP contribution < -0.4 is 20.6 Å². The van der Waals surface area contributed by atoms with Crippen molar-refractivity contribution in [2.45, 2.75) is 175 Å². The van der Waals surface area contributed by atoms with E-state index in [1.165, 1.54) is 85.3 Å². The van der Waals surface area contributed by atoms with Crippen molar-refractivity contribution < 1.29 is 0 Å². The summed E-state index contributed by atoms with van der Waals surface area (Å²) in [5.41, 5.74) is 20.7. The minimum absolute atomic E-state index is 0.0251. The molecule has 1 aliphatic carbocycles. The molecule has 0 saturated carbocycles. The van der Waals surface area contributed by atoms with E-state index in [0.29, 0.717) is 0 Å². The number of rotatable bonds is 3. The Hall–Kier alpha value is -3.56. The summed E-state index contributed by atoms with van der Waals surface area (Å²) < 4.78 is 1.55. The van der Waals surface area contributed by atoms with Crippen LogP contribution in [0.3, 0.4) is 0 Å². The van der Waals surface area contributed by atoms with Crippen molar-refractivity contribution in [3.8, 4) is 0 Å².